The standard InChI is InChI=1S/C7H5BrF3NO2/c8-3-1-4(7(13)14)12(2-3)6(11)5(9)10/h1-2,5-6H,(H,13,14). The first-order chi connectivity index (χ1) is 6.43. The maximum Gasteiger partial charge on any atom is 0.352 e. The molecule has 0 bridgehead atoms. The summed E-state index contributed by atoms with van der Waals surface area (Å²) in [7, 11) is 0. The van der Waals surface area contributed by atoms with E-state index in [9.17, 15) is 18.0 Å². The van der Waals surface area contributed by atoms with Crippen molar-refractivity contribution in [3.8, 4) is 0 Å². The highest BCUT2D eigenvalue weighted by Gasteiger charge is 2.25. The van der Waals surface area contributed by atoms with Crippen LogP contribution in [0, 0.1) is 0 Å². The lowest BCUT2D eigenvalue weighted by Gasteiger charge is -2.10. The van der Waals surface area contributed by atoms with Crippen molar-refractivity contribution in [2.24, 2.45) is 0 Å². The molecule has 3 nitrogen and oxygen atoms in total. The Morgan fingerprint density at radius 1 is 1.50 bits per heavy atom. The molecule has 0 amide bonds. The van der Waals surface area contributed by atoms with E-state index in [-0.39, 0.29) is 4.47 Å². The zero-order chi connectivity index (χ0) is 10.9. The first-order valence-corrected chi connectivity index (χ1v) is 4.25. The third-order valence-corrected chi connectivity index (χ3v) is 1.94. The van der Waals surface area contributed by atoms with Crippen molar-refractivity contribution < 1.29 is 23.1 Å². The Balaban J connectivity index is 3.12. The molecule has 1 aromatic heterocycles. The van der Waals surface area contributed by atoms with Crippen molar-refractivity contribution in [3.63, 3.8) is 0 Å². The van der Waals surface area contributed by atoms with Gasteiger partial charge in [-0.15, -0.1) is 0 Å². The van der Waals surface area contributed by atoms with Gasteiger partial charge in [-0.1, -0.05) is 0 Å². The zero-order valence-electron chi connectivity index (χ0n) is 6.62. The fourth-order valence-electron chi connectivity index (χ4n) is 0.942. The minimum absolute atomic E-state index is 0.234. The molecule has 0 spiro atoms. The van der Waals surface area contributed by atoms with Crippen molar-refractivity contribution in [1.82, 2.24) is 4.57 Å². The van der Waals surface area contributed by atoms with Crippen LogP contribution in [-0.2, 0) is 0 Å². The summed E-state index contributed by atoms with van der Waals surface area (Å²) in [5, 5.41) is 8.56. The topological polar surface area (TPSA) is 42.2 Å². The van der Waals surface area contributed by atoms with E-state index in [1.807, 2.05) is 0 Å². The number of aromatic nitrogens is 1. The van der Waals surface area contributed by atoms with Crippen LogP contribution >= 0.6 is 15.9 Å². The predicted molar refractivity (Wildman–Crippen MR) is 45.2 cm³/mol. The van der Waals surface area contributed by atoms with Crippen molar-refractivity contribution in [2.75, 3.05) is 0 Å². The lowest BCUT2D eigenvalue weighted by atomic mass is 10.4. The molecule has 0 radical (unpaired) electrons. The maximum absolute atomic E-state index is 12.8. The fourth-order valence-corrected chi connectivity index (χ4v) is 1.38. The third-order valence-electron chi connectivity index (χ3n) is 1.51. The van der Waals surface area contributed by atoms with Crippen molar-refractivity contribution in [1.29, 1.82) is 0 Å². The summed E-state index contributed by atoms with van der Waals surface area (Å²) in [6.07, 6.45) is -4.94. The SMILES string of the molecule is O=C(O)c1cc(Br)cn1C(F)C(F)F. The molecule has 0 aromatic carbocycles. The molecule has 1 unspecified atom stereocenters. The molecule has 1 N–H and O–H groups in total. The quantitative estimate of drug-likeness (QED) is 0.919. The molecule has 1 heterocycles. The van der Waals surface area contributed by atoms with Crippen LogP contribution in [0.1, 0.15) is 16.8 Å². The van der Waals surface area contributed by atoms with Crippen LogP contribution in [0.25, 0.3) is 0 Å². The molecular formula is C7H5BrF3NO2. The lowest BCUT2D eigenvalue weighted by Crippen LogP contribution is -2.16. The smallest absolute Gasteiger partial charge is 0.352 e. The Kier molecular flexibility index (Phi) is 3.20. The van der Waals surface area contributed by atoms with Crippen LogP contribution < -0.4 is 0 Å². The number of hydrogen-bond donors (Lipinski definition) is 1. The van der Waals surface area contributed by atoms with Crippen molar-refractivity contribution in [2.45, 2.75) is 12.7 Å². The van der Waals surface area contributed by atoms with E-state index in [1.54, 1.807) is 0 Å². The minimum Gasteiger partial charge on any atom is -0.477 e. The molecule has 0 aliphatic heterocycles. The summed E-state index contributed by atoms with van der Waals surface area (Å²) in [5.74, 6) is -1.46. The average Bonchev–Trinajstić information content (AvgIpc) is 2.45. The number of carboxylic acids is 1. The van der Waals surface area contributed by atoms with Gasteiger partial charge in [0.25, 0.3) is 6.43 Å². The van der Waals surface area contributed by atoms with E-state index in [1.165, 1.54) is 0 Å². The van der Waals surface area contributed by atoms with E-state index in [2.05, 4.69) is 15.9 Å². The van der Waals surface area contributed by atoms with Crippen LogP contribution in [0.15, 0.2) is 16.7 Å². The van der Waals surface area contributed by atoms with E-state index >= 15 is 0 Å². The van der Waals surface area contributed by atoms with Gasteiger partial charge in [0.2, 0.25) is 6.30 Å². The maximum atomic E-state index is 12.8. The van der Waals surface area contributed by atoms with Crippen LogP contribution in [0.5, 0.6) is 0 Å². The number of hydrogen-bond acceptors (Lipinski definition) is 1. The molecule has 1 atom stereocenters. The second kappa shape index (κ2) is 4.04. The van der Waals surface area contributed by atoms with Gasteiger partial charge in [0.05, 0.1) is 0 Å². The summed E-state index contributed by atoms with van der Waals surface area (Å²) in [6, 6.07) is 1.05. The Bertz CT molecular complexity index is 353. The molecule has 0 saturated heterocycles. The van der Waals surface area contributed by atoms with Crippen LogP contribution in [0.2, 0.25) is 0 Å². The summed E-state index contributed by atoms with van der Waals surface area (Å²) >= 11 is 2.87. The molecule has 0 saturated carbocycles. The zero-order valence-corrected chi connectivity index (χ0v) is 8.21. The molecule has 0 fully saturated rings. The summed E-state index contributed by atoms with van der Waals surface area (Å²) in [4.78, 5) is 10.5. The summed E-state index contributed by atoms with van der Waals surface area (Å²) < 4.78 is 37.4. The van der Waals surface area contributed by atoms with E-state index in [0.717, 1.165) is 12.3 Å². The number of rotatable bonds is 3. The Morgan fingerprint density at radius 3 is 2.50 bits per heavy atom. The minimum atomic E-state index is -3.26. The number of aromatic carboxylic acids is 1. The van der Waals surface area contributed by atoms with Crippen molar-refractivity contribution in [3.05, 3.63) is 22.4 Å². The summed E-state index contributed by atoms with van der Waals surface area (Å²) in [5.41, 5.74) is -0.523. The van der Waals surface area contributed by atoms with E-state index in [0.29, 0.717) is 4.57 Å². The Hall–Kier alpha value is -0.980. The van der Waals surface area contributed by atoms with Gasteiger partial charge >= 0.3 is 5.97 Å². The van der Waals surface area contributed by atoms with Crippen LogP contribution in [-0.4, -0.2) is 22.1 Å². The van der Waals surface area contributed by atoms with E-state index < -0.39 is 24.4 Å². The first-order valence-electron chi connectivity index (χ1n) is 3.46. The Labute approximate surface area is 85.3 Å². The first kappa shape index (κ1) is 11.1. The second-order valence-electron chi connectivity index (χ2n) is 2.46. The molecule has 14 heavy (non-hydrogen) atoms. The van der Waals surface area contributed by atoms with Gasteiger partial charge < -0.3 is 9.67 Å². The molecule has 0 aliphatic carbocycles. The number of carbonyl (C=O) groups is 1. The molecule has 7 heteroatoms. The normalized spacial score (nSPS) is 13.2. The highest BCUT2D eigenvalue weighted by atomic mass is 79.9. The molecule has 1 rings (SSSR count). The highest BCUT2D eigenvalue weighted by Crippen LogP contribution is 2.24. The molecule has 1 aromatic rings. The molecular weight excluding hydrogens is 267 g/mol. The van der Waals surface area contributed by atoms with Gasteiger partial charge in [0, 0.05) is 10.7 Å². The Morgan fingerprint density at radius 2 is 2.07 bits per heavy atom. The van der Waals surface area contributed by atoms with Gasteiger partial charge in [0.1, 0.15) is 5.69 Å². The predicted octanol–water partition coefficient (Wildman–Crippen LogP) is 2.68. The fraction of sp³-hybridized carbons (Fsp3) is 0.286. The van der Waals surface area contributed by atoms with Gasteiger partial charge in [-0.05, 0) is 22.0 Å². The van der Waals surface area contributed by atoms with Gasteiger partial charge in [0.15, 0.2) is 0 Å². The number of alkyl halides is 3. The number of halogens is 4. The van der Waals surface area contributed by atoms with Gasteiger partial charge in [-0.3, -0.25) is 0 Å². The molecule has 0 aliphatic rings. The second-order valence-corrected chi connectivity index (χ2v) is 3.38. The van der Waals surface area contributed by atoms with Gasteiger partial charge in [-0.25, -0.2) is 18.0 Å². The summed E-state index contributed by atoms with van der Waals surface area (Å²) in [6.45, 7) is 0. The number of nitrogens with zero attached hydrogens (tertiary/aromatic N) is 1. The average molecular weight is 272 g/mol. The largest absolute Gasteiger partial charge is 0.477 e. The highest BCUT2D eigenvalue weighted by molar-refractivity contribution is 9.10. The van der Waals surface area contributed by atoms with Crippen molar-refractivity contribution >= 4 is 21.9 Å². The van der Waals surface area contributed by atoms with E-state index in [4.69, 9.17) is 5.11 Å². The monoisotopic (exact) mass is 271 g/mol. The van der Waals surface area contributed by atoms with Crippen LogP contribution in [0.3, 0.4) is 0 Å². The lowest BCUT2D eigenvalue weighted by molar-refractivity contribution is 0.00583. The van der Waals surface area contributed by atoms with Gasteiger partial charge in [-0.2, -0.15) is 0 Å². The third kappa shape index (κ3) is 2.09. The molecule has 78 valence electrons. The number of carboxylic acid groups (broad SMARTS) is 1. The van der Waals surface area contributed by atoms with Crippen LogP contribution in [0.4, 0.5) is 13.2 Å².